The lowest BCUT2D eigenvalue weighted by atomic mass is 10.3. The quantitative estimate of drug-likeness (QED) is 0.705. The Labute approximate surface area is 79.1 Å². The summed E-state index contributed by atoms with van der Waals surface area (Å²) in [5.41, 5.74) is 1.29. The summed E-state index contributed by atoms with van der Waals surface area (Å²) >= 11 is 5.59. The molecule has 1 aromatic heterocycles. The Hall–Kier alpha value is -1.16. The molecule has 5 heteroatoms. The van der Waals surface area contributed by atoms with Crippen molar-refractivity contribution in [2.45, 2.75) is 13.5 Å². The smallest absolute Gasteiger partial charge is 0.144 e. The van der Waals surface area contributed by atoms with Crippen molar-refractivity contribution < 1.29 is 4.39 Å². The van der Waals surface area contributed by atoms with Crippen molar-refractivity contribution in [3.05, 3.63) is 23.0 Å². The van der Waals surface area contributed by atoms with Gasteiger partial charge in [0.2, 0.25) is 0 Å². The van der Waals surface area contributed by atoms with E-state index in [1.807, 2.05) is 6.92 Å². The van der Waals surface area contributed by atoms with Crippen molar-refractivity contribution in [1.29, 1.82) is 0 Å². The molecule has 2 aromatic rings. The molecular weight excluding hydrogens is 193 g/mol. The van der Waals surface area contributed by atoms with E-state index in [-0.39, 0.29) is 5.02 Å². The molecule has 0 atom stereocenters. The van der Waals surface area contributed by atoms with Crippen molar-refractivity contribution in [1.82, 2.24) is 15.0 Å². The second-order valence-electron chi connectivity index (χ2n) is 2.66. The lowest BCUT2D eigenvalue weighted by Crippen LogP contribution is -1.96. The molecule has 0 N–H and O–H groups in total. The average molecular weight is 200 g/mol. The van der Waals surface area contributed by atoms with Crippen LogP contribution in [0.15, 0.2) is 12.1 Å². The van der Waals surface area contributed by atoms with E-state index < -0.39 is 5.82 Å². The first-order valence-corrected chi connectivity index (χ1v) is 4.28. The molecule has 2 rings (SSSR count). The fraction of sp³-hybridized carbons (Fsp3) is 0.250. The highest BCUT2D eigenvalue weighted by molar-refractivity contribution is 6.31. The highest BCUT2D eigenvalue weighted by Gasteiger charge is 2.07. The standard InChI is InChI=1S/C8H7ClFN3/c1-2-13-8-4-6(10)5(9)3-7(8)11-12-13/h3-4H,2H2,1H3. The van der Waals surface area contributed by atoms with Crippen LogP contribution in [-0.4, -0.2) is 15.0 Å². The van der Waals surface area contributed by atoms with E-state index >= 15 is 0 Å². The lowest BCUT2D eigenvalue weighted by Gasteiger charge is -1.96. The first kappa shape index (κ1) is 8.44. The van der Waals surface area contributed by atoms with Crippen LogP contribution >= 0.6 is 11.6 Å². The van der Waals surface area contributed by atoms with Gasteiger partial charge in [-0.05, 0) is 13.0 Å². The normalized spacial score (nSPS) is 11.0. The molecule has 0 radical (unpaired) electrons. The minimum atomic E-state index is -0.439. The molecule has 0 fully saturated rings. The van der Waals surface area contributed by atoms with Crippen molar-refractivity contribution in [2.75, 3.05) is 0 Å². The summed E-state index contributed by atoms with van der Waals surface area (Å²) in [7, 11) is 0. The van der Waals surface area contributed by atoms with Crippen molar-refractivity contribution in [3.63, 3.8) is 0 Å². The largest absolute Gasteiger partial charge is 0.245 e. The third-order valence-electron chi connectivity index (χ3n) is 1.86. The predicted octanol–water partition coefficient (Wildman–Crippen LogP) is 2.24. The minimum absolute atomic E-state index is 0.0793. The first-order valence-electron chi connectivity index (χ1n) is 3.90. The molecule has 0 amide bonds. The third-order valence-corrected chi connectivity index (χ3v) is 2.15. The average Bonchev–Trinajstić information content (AvgIpc) is 2.48. The summed E-state index contributed by atoms with van der Waals surface area (Å²) in [4.78, 5) is 0. The van der Waals surface area contributed by atoms with Crippen LogP contribution in [-0.2, 0) is 6.54 Å². The molecular formula is C8H7ClFN3. The Morgan fingerprint density at radius 2 is 2.31 bits per heavy atom. The monoisotopic (exact) mass is 199 g/mol. The third kappa shape index (κ3) is 1.27. The van der Waals surface area contributed by atoms with Gasteiger partial charge >= 0.3 is 0 Å². The predicted molar refractivity (Wildman–Crippen MR) is 48.2 cm³/mol. The van der Waals surface area contributed by atoms with Crippen molar-refractivity contribution in [3.8, 4) is 0 Å². The van der Waals surface area contributed by atoms with Crippen molar-refractivity contribution >= 4 is 22.6 Å². The highest BCUT2D eigenvalue weighted by atomic mass is 35.5. The Morgan fingerprint density at radius 3 is 3.00 bits per heavy atom. The van der Waals surface area contributed by atoms with E-state index in [1.165, 1.54) is 12.1 Å². The zero-order valence-corrected chi connectivity index (χ0v) is 7.72. The summed E-state index contributed by atoms with van der Waals surface area (Å²) in [5, 5.41) is 7.77. The van der Waals surface area contributed by atoms with Gasteiger partial charge in [0.15, 0.2) is 0 Å². The van der Waals surface area contributed by atoms with E-state index in [0.29, 0.717) is 17.6 Å². The van der Waals surface area contributed by atoms with Crippen LogP contribution < -0.4 is 0 Å². The molecule has 0 unspecified atom stereocenters. The number of hydrogen-bond acceptors (Lipinski definition) is 2. The number of fused-ring (bicyclic) bond motifs is 1. The van der Waals surface area contributed by atoms with Gasteiger partial charge in [0, 0.05) is 12.6 Å². The summed E-state index contributed by atoms with van der Waals surface area (Å²) in [6.45, 7) is 2.58. The maximum Gasteiger partial charge on any atom is 0.144 e. The number of benzene rings is 1. The maximum absolute atomic E-state index is 13.0. The fourth-order valence-corrected chi connectivity index (χ4v) is 1.35. The molecule has 0 bridgehead atoms. The van der Waals surface area contributed by atoms with Gasteiger partial charge < -0.3 is 0 Å². The summed E-state index contributed by atoms with van der Waals surface area (Å²) in [6.07, 6.45) is 0. The number of aryl methyl sites for hydroxylation is 1. The van der Waals surface area contributed by atoms with Gasteiger partial charge in [-0.3, -0.25) is 0 Å². The Morgan fingerprint density at radius 1 is 1.54 bits per heavy atom. The van der Waals surface area contributed by atoms with Crippen LogP contribution in [0, 0.1) is 5.82 Å². The van der Waals surface area contributed by atoms with E-state index in [2.05, 4.69) is 10.3 Å². The summed E-state index contributed by atoms with van der Waals surface area (Å²) in [5.74, 6) is -0.439. The number of aromatic nitrogens is 3. The molecule has 0 saturated carbocycles. The van der Waals surface area contributed by atoms with Gasteiger partial charge in [0.25, 0.3) is 0 Å². The van der Waals surface area contributed by atoms with Gasteiger partial charge in [-0.1, -0.05) is 16.8 Å². The summed E-state index contributed by atoms with van der Waals surface area (Å²) in [6, 6.07) is 2.83. The minimum Gasteiger partial charge on any atom is -0.245 e. The molecule has 0 aliphatic carbocycles. The van der Waals surface area contributed by atoms with Crippen LogP contribution in [0.25, 0.3) is 11.0 Å². The lowest BCUT2D eigenvalue weighted by molar-refractivity contribution is 0.622. The topological polar surface area (TPSA) is 30.7 Å². The second kappa shape index (κ2) is 2.96. The number of hydrogen-bond donors (Lipinski definition) is 0. The zero-order valence-electron chi connectivity index (χ0n) is 6.96. The Bertz CT molecular complexity index is 452. The molecule has 0 aliphatic heterocycles. The molecule has 68 valence electrons. The SMILES string of the molecule is CCn1nnc2cc(Cl)c(F)cc21. The Balaban J connectivity index is 2.77. The highest BCUT2D eigenvalue weighted by Crippen LogP contribution is 2.20. The molecule has 1 aromatic carbocycles. The fourth-order valence-electron chi connectivity index (χ4n) is 1.20. The van der Waals surface area contributed by atoms with Gasteiger partial charge in [0.05, 0.1) is 10.5 Å². The van der Waals surface area contributed by atoms with Crippen LogP contribution in [0.3, 0.4) is 0 Å². The number of nitrogens with zero attached hydrogens (tertiary/aromatic N) is 3. The molecule has 0 aliphatic rings. The maximum atomic E-state index is 13.0. The van der Waals surface area contributed by atoms with Crippen LogP contribution in [0.4, 0.5) is 4.39 Å². The number of rotatable bonds is 1. The Kier molecular flexibility index (Phi) is 1.92. The van der Waals surface area contributed by atoms with Crippen molar-refractivity contribution in [2.24, 2.45) is 0 Å². The number of halogens is 2. The first-order chi connectivity index (χ1) is 6.22. The molecule has 0 saturated heterocycles. The molecule has 13 heavy (non-hydrogen) atoms. The van der Waals surface area contributed by atoms with Crippen LogP contribution in [0.2, 0.25) is 5.02 Å². The van der Waals surface area contributed by atoms with Gasteiger partial charge in [-0.15, -0.1) is 5.10 Å². The second-order valence-corrected chi connectivity index (χ2v) is 3.07. The van der Waals surface area contributed by atoms with E-state index in [4.69, 9.17) is 11.6 Å². The van der Waals surface area contributed by atoms with Gasteiger partial charge in [-0.2, -0.15) is 0 Å². The van der Waals surface area contributed by atoms with E-state index in [1.54, 1.807) is 4.68 Å². The van der Waals surface area contributed by atoms with E-state index in [0.717, 1.165) is 0 Å². The van der Waals surface area contributed by atoms with Gasteiger partial charge in [0.1, 0.15) is 11.3 Å². The molecule has 0 spiro atoms. The molecule has 3 nitrogen and oxygen atoms in total. The zero-order chi connectivity index (χ0) is 9.42. The van der Waals surface area contributed by atoms with Crippen LogP contribution in [0.1, 0.15) is 6.92 Å². The van der Waals surface area contributed by atoms with Gasteiger partial charge in [-0.25, -0.2) is 9.07 Å². The molecule has 1 heterocycles. The summed E-state index contributed by atoms with van der Waals surface area (Å²) < 4.78 is 14.7. The van der Waals surface area contributed by atoms with Crippen LogP contribution in [0.5, 0.6) is 0 Å². The van der Waals surface area contributed by atoms with E-state index in [9.17, 15) is 4.39 Å².